The molecule has 0 heterocycles. The van der Waals surface area contributed by atoms with Gasteiger partial charge in [0.1, 0.15) is 0 Å². The van der Waals surface area contributed by atoms with E-state index in [0.29, 0.717) is 12.0 Å². The molecule has 0 aromatic heterocycles. The average Bonchev–Trinajstić information content (AvgIpc) is 2.77. The topological polar surface area (TPSA) is 32.3 Å². The van der Waals surface area contributed by atoms with Crippen LogP contribution in [0.15, 0.2) is 36.4 Å². The Bertz CT molecular complexity index is 504. The summed E-state index contributed by atoms with van der Waals surface area (Å²) in [5.41, 5.74) is 1.85. The maximum Gasteiger partial charge on any atom is 0.253 e. The van der Waals surface area contributed by atoms with Gasteiger partial charge < -0.3 is 10.2 Å². The van der Waals surface area contributed by atoms with E-state index in [-0.39, 0.29) is 5.91 Å². The lowest BCUT2D eigenvalue weighted by atomic mass is 9.71. The number of nitrogens with zero attached hydrogens (tertiary/aromatic N) is 1. The van der Waals surface area contributed by atoms with Gasteiger partial charge in [0, 0.05) is 37.3 Å². The van der Waals surface area contributed by atoms with Crippen molar-refractivity contribution in [1.29, 1.82) is 0 Å². The first-order chi connectivity index (χ1) is 9.15. The lowest BCUT2D eigenvalue weighted by molar-refractivity contribution is 0.0827. The van der Waals surface area contributed by atoms with Gasteiger partial charge in [-0.1, -0.05) is 12.2 Å². The van der Waals surface area contributed by atoms with Crippen LogP contribution in [0, 0.1) is 11.8 Å². The standard InChI is InChI=1S/C16H20N2O/c1-18(2)16(19)11-6-8-13(9-7-11)17-15-10-12-4-3-5-14(12)15/h3,5-9,12,14-15,17H,4,10H2,1-2H3. The normalized spacial score (nSPS) is 27.6. The van der Waals surface area contributed by atoms with Crippen molar-refractivity contribution >= 4 is 11.6 Å². The third kappa shape index (κ3) is 2.25. The highest BCUT2D eigenvalue weighted by Crippen LogP contribution is 2.43. The van der Waals surface area contributed by atoms with Crippen molar-refractivity contribution in [2.24, 2.45) is 11.8 Å². The van der Waals surface area contributed by atoms with Crippen LogP contribution in [0.1, 0.15) is 23.2 Å². The van der Waals surface area contributed by atoms with Crippen molar-refractivity contribution in [2.45, 2.75) is 18.9 Å². The molecule has 1 aromatic carbocycles. The minimum absolute atomic E-state index is 0.0500. The third-order valence-corrected chi connectivity index (χ3v) is 4.25. The molecule has 1 N–H and O–H groups in total. The predicted octanol–water partition coefficient (Wildman–Crippen LogP) is 2.76. The summed E-state index contributed by atoms with van der Waals surface area (Å²) >= 11 is 0. The van der Waals surface area contributed by atoms with E-state index in [4.69, 9.17) is 0 Å². The molecule has 3 unspecified atom stereocenters. The first-order valence-corrected chi connectivity index (χ1v) is 6.90. The van der Waals surface area contributed by atoms with E-state index in [9.17, 15) is 4.79 Å². The molecule has 3 rings (SSSR count). The number of amides is 1. The van der Waals surface area contributed by atoms with E-state index in [2.05, 4.69) is 17.5 Å². The molecular formula is C16H20N2O. The van der Waals surface area contributed by atoms with Gasteiger partial charge >= 0.3 is 0 Å². The quantitative estimate of drug-likeness (QED) is 0.843. The van der Waals surface area contributed by atoms with Crippen LogP contribution < -0.4 is 5.32 Å². The fourth-order valence-electron chi connectivity index (χ4n) is 3.06. The van der Waals surface area contributed by atoms with Crippen LogP contribution in [-0.4, -0.2) is 30.9 Å². The molecule has 0 aliphatic heterocycles. The molecule has 3 heteroatoms. The molecule has 19 heavy (non-hydrogen) atoms. The highest BCUT2D eigenvalue weighted by Gasteiger charge is 2.40. The molecule has 3 atom stereocenters. The van der Waals surface area contributed by atoms with E-state index in [0.717, 1.165) is 17.2 Å². The second-order valence-electron chi connectivity index (χ2n) is 5.76. The van der Waals surface area contributed by atoms with Crippen LogP contribution >= 0.6 is 0 Å². The molecular weight excluding hydrogens is 236 g/mol. The Balaban J connectivity index is 1.63. The smallest absolute Gasteiger partial charge is 0.253 e. The van der Waals surface area contributed by atoms with Gasteiger partial charge in [0.15, 0.2) is 0 Å². The molecule has 3 nitrogen and oxygen atoms in total. The zero-order valence-electron chi connectivity index (χ0n) is 11.5. The highest BCUT2D eigenvalue weighted by atomic mass is 16.2. The summed E-state index contributed by atoms with van der Waals surface area (Å²) in [7, 11) is 3.55. The molecule has 1 amide bonds. The lowest BCUT2D eigenvalue weighted by Gasteiger charge is -2.41. The van der Waals surface area contributed by atoms with E-state index in [1.165, 1.54) is 12.8 Å². The number of fused-ring (bicyclic) bond motifs is 1. The van der Waals surface area contributed by atoms with Crippen molar-refractivity contribution in [3.63, 3.8) is 0 Å². The van der Waals surface area contributed by atoms with Crippen molar-refractivity contribution < 1.29 is 4.79 Å². The second kappa shape index (κ2) is 4.72. The molecule has 1 saturated carbocycles. The zero-order valence-corrected chi connectivity index (χ0v) is 11.5. The molecule has 0 spiro atoms. The van der Waals surface area contributed by atoms with Crippen molar-refractivity contribution in [2.75, 3.05) is 19.4 Å². The fourth-order valence-corrected chi connectivity index (χ4v) is 3.06. The Kier molecular flexibility index (Phi) is 3.05. The highest BCUT2D eigenvalue weighted by molar-refractivity contribution is 5.94. The van der Waals surface area contributed by atoms with Crippen molar-refractivity contribution in [1.82, 2.24) is 4.90 Å². The van der Waals surface area contributed by atoms with E-state index in [1.807, 2.05) is 24.3 Å². The SMILES string of the molecule is CN(C)C(=O)c1ccc(NC2CC3CC=CC32)cc1. The molecule has 0 radical (unpaired) electrons. The summed E-state index contributed by atoms with van der Waals surface area (Å²) in [6.07, 6.45) is 7.15. The van der Waals surface area contributed by atoms with Crippen LogP contribution in [0.25, 0.3) is 0 Å². The van der Waals surface area contributed by atoms with Gasteiger partial charge in [-0.05, 0) is 43.0 Å². The van der Waals surface area contributed by atoms with Crippen LogP contribution in [0.4, 0.5) is 5.69 Å². The van der Waals surface area contributed by atoms with Gasteiger partial charge in [-0.15, -0.1) is 0 Å². The van der Waals surface area contributed by atoms with Crippen LogP contribution in [-0.2, 0) is 0 Å². The van der Waals surface area contributed by atoms with E-state index < -0.39 is 0 Å². The molecule has 0 bridgehead atoms. The monoisotopic (exact) mass is 256 g/mol. The van der Waals surface area contributed by atoms with Crippen molar-refractivity contribution in [3.8, 4) is 0 Å². The Labute approximate surface area is 114 Å². The molecule has 2 aliphatic rings. The lowest BCUT2D eigenvalue weighted by Crippen LogP contribution is -2.43. The van der Waals surface area contributed by atoms with Crippen LogP contribution in [0.5, 0.6) is 0 Å². The van der Waals surface area contributed by atoms with Gasteiger partial charge in [-0.3, -0.25) is 4.79 Å². The first kappa shape index (κ1) is 12.3. The summed E-state index contributed by atoms with van der Waals surface area (Å²) < 4.78 is 0. The number of benzene rings is 1. The summed E-state index contributed by atoms with van der Waals surface area (Å²) in [6, 6.07) is 8.36. The van der Waals surface area contributed by atoms with Gasteiger partial charge in [0.05, 0.1) is 0 Å². The number of anilines is 1. The largest absolute Gasteiger partial charge is 0.382 e. The number of rotatable bonds is 3. The molecule has 100 valence electrons. The maximum atomic E-state index is 11.8. The Morgan fingerprint density at radius 2 is 2.00 bits per heavy atom. The van der Waals surface area contributed by atoms with E-state index in [1.54, 1.807) is 19.0 Å². The summed E-state index contributed by atoms with van der Waals surface area (Å²) in [5.74, 6) is 1.63. The van der Waals surface area contributed by atoms with Crippen LogP contribution in [0.2, 0.25) is 0 Å². The van der Waals surface area contributed by atoms with Gasteiger partial charge in [-0.25, -0.2) is 0 Å². The molecule has 2 aliphatic carbocycles. The molecule has 1 fully saturated rings. The number of allylic oxidation sites excluding steroid dienone is 1. The minimum Gasteiger partial charge on any atom is -0.382 e. The third-order valence-electron chi connectivity index (χ3n) is 4.25. The predicted molar refractivity (Wildman–Crippen MR) is 77.2 cm³/mol. The second-order valence-corrected chi connectivity index (χ2v) is 5.76. The van der Waals surface area contributed by atoms with Gasteiger partial charge in [-0.2, -0.15) is 0 Å². The first-order valence-electron chi connectivity index (χ1n) is 6.90. The summed E-state index contributed by atoms with van der Waals surface area (Å²) in [5, 5.41) is 3.57. The number of nitrogens with one attached hydrogen (secondary N) is 1. The maximum absolute atomic E-state index is 11.8. The van der Waals surface area contributed by atoms with E-state index >= 15 is 0 Å². The van der Waals surface area contributed by atoms with Gasteiger partial charge in [0.25, 0.3) is 5.91 Å². The fraction of sp³-hybridized carbons (Fsp3) is 0.438. The number of carbonyl (C=O) groups is 1. The molecule has 0 saturated heterocycles. The molecule has 1 aromatic rings. The average molecular weight is 256 g/mol. The minimum atomic E-state index is 0.0500. The summed E-state index contributed by atoms with van der Waals surface area (Å²) in [4.78, 5) is 13.4. The zero-order chi connectivity index (χ0) is 13.4. The number of carbonyl (C=O) groups excluding carboxylic acids is 1. The number of hydrogen-bond donors (Lipinski definition) is 1. The Hall–Kier alpha value is -1.77. The van der Waals surface area contributed by atoms with Crippen molar-refractivity contribution in [3.05, 3.63) is 42.0 Å². The Morgan fingerprint density at radius 1 is 1.26 bits per heavy atom. The Morgan fingerprint density at radius 3 is 2.63 bits per heavy atom. The summed E-state index contributed by atoms with van der Waals surface area (Å²) in [6.45, 7) is 0. The van der Waals surface area contributed by atoms with Gasteiger partial charge in [0.2, 0.25) is 0 Å². The van der Waals surface area contributed by atoms with Crippen LogP contribution in [0.3, 0.4) is 0 Å². The number of hydrogen-bond acceptors (Lipinski definition) is 2.